The topological polar surface area (TPSA) is 59.2 Å². The van der Waals surface area contributed by atoms with Crippen LogP contribution >= 0.6 is 36.6 Å². The standard InChI is InChI=1S/C15H23N3OS.2ClH/c1-12(16)13-5-8-18(9-6-13)15(19)11-20-10-14-4-2-3-7-17-14;;/h2-4,7,12-13H,5-6,8-11,16H2,1H3;2*1H. The van der Waals surface area contributed by atoms with Gasteiger partial charge < -0.3 is 10.6 Å². The molecule has 2 rings (SSSR count). The summed E-state index contributed by atoms with van der Waals surface area (Å²) in [6.45, 7) is 3.77. The molecule has 1 amide bonds. The van der Waals surface area contributed by atoms with E-state index in [4.69, 9.17) is 5.73 Å². The molecule has 1 aliphatic rings. The highest BCUT2D eigenvalue weighted by atomic mass is 35.5. The van der Waals surface area contributed by atoms with Crippen molar-refractivity contribution in [1.82, 2.24) is 9.88 Å². The molecule has 1 aliphatic heterocycles. The number of amides is 1. The average Bonchev–Trinajstić information content (AvgIpc) is 2.48. The van der Waals surface area contributed by atoms with Crippen LogP contribution in [0.15, 0.2) is 24.4 Å². The van der Waals surface area contributed by atoms with Gasteiger partial charge in [-0.3, -0.25) is 9.78 Å². The van der Waals surface area contributed by atoms with Gasteiger partial charge >= 0.3 is 0 Å². The number of nitrogens with zero attached hydrogens (tertiary/aromatic N) is 2. The highest BCUT2D eigenvalue weighted by Gasteiger charge is 2.24. The minimum Gasteiger partial charge on any atom is -0.342 e. The lowest BCUT2D eigenvalue weighted by Gasteiger charge is -2.33. The monoisotopic (exact) mass is 365 g/mol. The van der Waals surface area contributed by atoms with Crippen LogP contribution in [-0.4, -0.2) is 40.7 Å². The van der Waals surface area contributed by atoms with Gasteiger partial charge in [-0.2, -0.15) is 0 Å². The molecule has 0 aliphatic carbocycles. The van der Waals surface area contributed by atoms with E-state index in [0.717, 1.165) is 37.4 Å². The summed E-state index contributed by atoms with van der Waals surface area (Å²) in [6.07, 6.45) is 3.86. The van der Waals surface area contributed by atoms with Crippen molar-refractivity contribution >= 4 is 42.5 Å². The third-order valence-corrected chi connectivity index (χ3v) is 4.79. The summed E-state index contributed by atoms with van der Waals surface area (Å²) in [5, 5.41) is 0. The average molecular weight is 366 g/mol. The molecule has 7 heteroatoms. The van der Waals surface area contributed by atoms with E-state index >= 15 is 0 Å². The number of nitrogens with two attached hydrogens (primary N) is 1. The van der Waals surface area contributed by atoms with Crippen molar-refractivity contribution in [2.45, 2.75) is 31.6 Å². The molecule has 0 aromatic carbocycles. The molecule has 2 N–H and O–H groups in total. The van der Waals surface area contributed by atoms with Gasteiger partial charge in [0.25, 0.3) is 0 Å². The van der Waals surface area contributed by atoms with Crippen molar-refractivity contribution in [2.24, 2.45) is 11.7 Å². The zero-order valence-corrected chi connectivity index (χ0v) is 15.3. The van der Waals surface area contributed by atoms with E-state index in [2.05, 4.69) is 11.9 Å². The fourth-order valence-electron chi connectivity index (χ4n) is 2.49. The zero-order valence-electron chi connectivity index (χ0n) is 12.8. The van der Waals surface area contributed by atoms with Crippen LogP contribution in [-0.2, 0) is 10.5 Å². The number of piperidine rings is 1. The normalized spacial score (nSPS) is 16.4. The highest BCUT2D eigenvalue weighted by molar-refractivity contribution is 7.99. The number of thioether (sulfide) groups is 1. The lowest BCUT2D eigenvalue weighted by molar-refractivity contribution is -0.129. The lowest BCUT2D eigenvalue weighted by Crippen LogP contribution is -2.43. The van der Waals surface area contributed by atoms with Crippen LogP contribution in [0.25, 0.3) is 0 Å². The highest BCUT2D eigenvalue weighted by Crippen LogP contribution is 2.20. The van der Waals surface area contributed by atoms with Crippen LogP contribution in [0.4, 0.5) is 0 Å². The maximum atomic E-state index is 12.1. The predicted octanol–water partition coefficient (Wildman–Crippen LogP) is 2.74. The summed E-state index contributed by atoms with van der Waals surface area (Å²) in [6, 6.07) is 6.11. The molecule has 4 nitrogen and oxygen atoms in total. The minimum atomic E-state index is 0. The first-order chi connectivity index (χ1) is 9.66. The number of hydrogen-bond acceptors (Lipinski definition) is 4. The van der Waals surface area contributed by atoms with Gasteiger partial charge in [-0.1, -0.05) is 6.07 Å². The summed E-state index contributed by atoms with van der Waals surface area (Å²) < 4.78 is 0. The smallest absolute Gasteiger partial charge is 0.232 e. The summed E-state index contributed by atoms with van der Waals surface area (Å²) in [4.78, 5) is 18.4. The molecular weight excluding hydrogens is 341 g/mol. The second kappa shape index (κ2) is 11.1. The first-order valence-corrected chi connectivity index (χ1v) is 8.33. The first-order valence-electron chi connectivity index (χ1n) is 7.18. The summed E-state index contributed by atoms with van der Waals surface area (Å²) in [5.74, 6) is 2.15. The molecular formula is C15H25Cl2N3OS. The number of pyridine rings is 1. The number of likely N-dealkylation sites (tertiary alicyclic amines) is 1. The van der Waals surface area contributed by atoms with Crippen LogP contribution in [0.2, 0.25) is 0 Å². The number of rotatable bonds is 5. The van der Waals surface area contributed by atoms with Gasteiger partial charge in [0.1, 0.15) is 0 Å². The van der Waals surface area contributed by atoms with Gasteiger partial charge in [-0.25, -0.2) is 0 Å². The van der Waals surface area contributed by atoms with Crippen molar-refractivity contribution in [3.63, 3.8) is 0 Å². The third-order valence-electron chi connectivity index (χ3n) is 3.84. The lowest BCUT2D eigenvalue weighted by atomic mass is 9.91. The molecule has 2 heterocycles. The molecule has 1 aromatic rings. The SMILES string of the molecule is CC(N)C1CCN(C(=O)CSCc2ccccn2)CC1.Cl.Cl. The Bertz CT molecular complexity index is 426. The van der Waals surface area contributed by atoms with Crippen LogP contribution in [0.1, 0.15) is 25.5 Å². The quantitative estimate of drug-likeness (QED) is 0.871. The van der Waals surface area contributed by atoms with Crippen molar-refractivity contribution in [2.75, 3.05) is 18.8 Å². The molecule has 1 unspecified atom stereocenters. The van der Waals surface area contributed by atoms with Gasteiger partial charge in [0, 0.05) is 31.1 Å². The fourth-order valence-corrected chi connectivity index (χ4v) is 3.33. The van der Waals surface area contributed by atoms with E-state index in [1.165, 1.54) is 0 Å². The van der Waals surface area contributed by atoms with E-state index in [0.29, 0.717) is 11.7 Å². The van der Waals surface area contributed by atoms with Gasteiger partial charge in [0.2, 0.25) is 5.91 Å². The molecule has 0 saturated carbocycles. The van der Waals surface area contributed by atoms with Gasteiger partial charge in [0.15, 0.2) is 0 Å². The summed E-state index contributed by atoms with van der Waals surface area (Å²) >= 11 is 1.64. The Morgan fingerprint density at radius 3 is 2.64 bits per heavy atom. The van der Waals surface area contributed by atoms with E-state index in [1.807, 2.05) is 23.1 Å². The molecule has 22 heavy (non-hydrogen) atoms. The van der Waals surface area contributed by atoms with Crippen molar-refractivity contribution in [3.05, 3.63) is 30.1 Å². The summed E-state index contributed by atoms with van der Waals surface area (Å²) in [5.41, 5.74) is 6.95. The number of carbonyl (C=O) groups is 1. The summed E-state index contributed by atoms with van der Waals surface area (Å²) in [7, 11) is 0. The zero-order chi connectivity index (χ0) is 14.4. The Labute approximate surface area is 149 Å². The van der Waals surface area contributed by atoms with Crippen molar-refractivity contribution in [3.8, 4) is 0 Å². The minimum absolute atomic E-state index is 0. The molecule has 0 spiro atoms. The molecule has 1 aromatic heterocycles. The van der Waals surface area contributed by atoms with Crippen molar-refractivity contribution in [1.29, 1.82) is 0 Å². The van der Waals surface area contributed by atoms with Crippen LogP contribution in [0.3, 0.4) is 0 Å². The van der Waals surface area contributed by atoms with Gasteiger partial charge in [-0.05, 0) is 37.8 Å². The van der Waals surface area contributed by atoms with Gasteiger partial charge in [0.05, 0.1) is 11.4 Å². The molecule has 0 bridgehead atoms. The van der Waals surface area contributed by atoms with Crippen molar-refractivity contribution < 1.29 is 4.79 Å². The van der Waals surface area contributed by atoms with E-state index < -0.39 is 0 Å². The van der Waals surface area contributed by atoms with Crippen LogP contribution < -0.4 is 5.73 Å². The second-order valence-corrected chi connectivity index (χ2v) is 6.38. The maximum absolute atomic E-state index is 12.1. The van der Waals surface area contributed by atoms with E-state index in [-0.39, 0.29) is 36.8 Å². The Hall–Kier alpha value is -0.490. The molecule has 1 atom stereocenters. The predicted molar refractivity (Wildman–Crippen MR) is 97.8 cm³/mol. The van der Waals surface area contributed by atoms with Crippen LogP contribution in [0, 0.1) is 5.92 Å². The molecule has 1 saturated heterocycles. The third kappa shape index (κ3) is 6.73. The Morgan fingerprint density at radius 2 is 2.09 bits per heavy atom. The Kier molecular flexibility index (Phi) is 10.9. The largest absolute Gasteiger partial charge is 0.342 e. The molecule has 1 fully saturated rings. The van der Waals surface area contributed by atoms with Gasteiger partial charge in [-0.15, -0.1) is 36.6 Å². The fraction of sp³-hybridized carbons (Fsp3) is 0.600. The first kappa shape index (κ1) is 21.5. The van der Waals surface area contributed by atoms with Crippen LogP contribution in [0.5, 0.6) is 0 Å². The molecule has 126 valence electrons. The second-order valence-electron chi connectivity index (χ2n) is 5.39. The maximum Gasteiger partial charge on any atom is 0.232 e. The number of carbonyl (C=O) groups excluding carboxylic acids is 1. The Balaban J connectivity index is 0.00000220. The number of hydrogen-bond donors (Lipinski definition) is 1. The van der Waals surface area contributed by atoms with E-state index in [9.17, 15) is 4.79 Å². The molecule has 0 radical (unpaired) electrons. The number of halogens is 2. The number of aromatic nitrogens is 1. The van der Waals surface area contributed by atoms with E-state index in [1.54, 1.807) is 18.0 Å². The Morgan fingerprint density at radius 1 is 1.41 bits per heavy atom.